The van der Waals surface area contributed by atoms with Gasteiger partial charge in [-0.1, -0.05) is 18.2 Å². The topological polar surface area (TPSA) is 86.7 Å². The SMILES string of the molecule is OCc1cccc(-c2cc(Nc3ccnc(Cl)n3)n[nH]2)c1. The van der Waals surface area contributed by atoms with Gasteiger partial charge in [-0.2, -0.15) is 5.10 Å². The third-order valence-corrected chi connectivity index (χ3v) is 3.06. The van der Waals surface area contributed by atoms with Crippen LogP contribution in [-0.4, -0.2) is 25.3 Å². The number of aliphatic hydroxyl groups is 1. The van der Waals surface area contributed by atoms with Gasteiger partial charge in [0, 0.05) is 12.3 Å². The van der Waals surface area contributed by atoms with Crippen molar-refractivity contribution in [1.29, 1.82) is 0 Å². The lowest BCUT2D eigenvalue weighted by atomic mass is 10.1. The Labute approximate surface area is 125 Å². The summed E-state index contributed by atoms with van der Waals surface area (Å²) in [6.45, 7) is 0.00647. The minimum absolute atomic E-state index is 0.00647. The fourth-order valence-electron chi connectivity index (χ4n) is 1.91. The maximum absolute atomic E-state index is 9.17. The van der Waals surface area contributed by atoms with Crippen LogP contribution in [0.25, 0.3) is 11.3 Å². The number of halogens is 1. The van der Waals surface area contributed by atoms with Crippen molar-refractivity contribution in [1.82, 2.24) is 20.2 Å². The zero-order valence-corrected chi connectivity index (χ0v) is 11.7. The summed E-state index contributed by atoms with van der Waals surface area (Å²) in [5.41, 5.74) is 2.63. The first-order chi connectivity index (χ1) is 10.2. The minimum Gasteiger partial charge on any atom is -0.392 e. The molecule has 1 aromatic carbocycles. The van der Waals surface area contributed by atoms with E-state index in [1.54, 1.807) is 12.3 Å². The molecule has 2 aromatic heterocycles. The Hall–Kier alpha value is -2.44. The van der Waals surface area contributed by atoms with E-state index in [0.29, 0.717) is 11.6 Å². The highest BCUT2D eigenvalue weighted by molar-refractivity contribution is 6.28. The van der Waals surface area contributed by atoms with Crippen LogP contribution in [0.2, 0.25) is 5.28 Å². The lowest BCUT2D eigenvalue weighted by molar-refractivity contribution is 0.282. The average Bonchev–Trinajstić information content (AvgIpc) is 2.96. The van der Waals surface area contributed by atoms with E-state index in [4.69, 9.17) is 11.6 Å². The molecule has 3 N–H and O–H groups in total. The van der Waals surface area contributed by atoms with Crippen LogP contribution < -0.4 is 5.32 Å². The Balaban J connectivity index is 1.82. The molecule has 21 heavy (non-hydrogen) atoms. The number of hydrogen-bond donors (Lipinski definition) is 3. The first-order valence-corrected chi connectivity index (χ1v) is 6.63. The normalized spacial score (nSPS) is 10.6. The number of hydrogen-bond acceptors (Lipinski definition) is 5. The van der Waals surface area contributed by atoms with Crippen molar-refractivity contribution in [3.05, 3.63) is 53.4 Å². The molecule has 2 heterocycles. The standard InChI is InChI=1S/C14H12ClN5O/c15-14-16-5-4-12(18-14)17-13-7-11(19-20-13)10-3-1-2-9(6-10)8-21/h1-7,21H,8H2,(H2,16,17,18,19,20). The summed E-state index contributed by atoms with van der Waals surface area (Å²) >= 11 is 5.73. The number of benzene rings is 1. The largest absolute Gasteiger partial charge is 0.392 e. The van der Waals surface area contributed by atoms with Gasteiger partial charge < -0.3 is 10.4 Å². The second-order valence-corrected chi connectivity index (χ2v) is 4.70. The van der Waals surface area contributed by atoms with Crippen LogP contribution in [0, 0.1) is 0 Å². The molecule has 0 saturated carbocycles. The smallest absolute Gasteiger partial charge is 0.224 e. The highest BCUT2D eigenvalue weighted by atomic mass is 35.5. The molecule has 6 nitrogen and oxygen atoms in total. The minimum atomic E-state index is 0.00647. The summed E-state index contributed by atoms with van der Waals surface area (Å²) < 4.78 is 0. The summed E-state index contributed by atoms with van der Waals surface area (Å²) in [4.78, 5) is 7.85. The van der Waals surface area contributed by atoms with Crippen LogP contribution >= 0.6 is 11.6 Å². The Morgan fingerprint density at radius 1 is 1.19 bits per heavy atom. The van der Waals surface area contributed by atoms with Gasteiger partial charge in [0.1, 0.15) is 5.82 Å². The van der Waals surface area contributed by atoms with E-state index in [1.165, 1.54) is 0 Å². The van der Waals surface area contributed by atoms with Crippen LogP contribution in [-0.2, 0) is 6.61 Å². The van der Waals surface area contributed by atoms with Crippen LogP contribution in [0.1, 0.15) is 5.56 Å². The van der Waals surface area contributed by atoms with Crippen LogP contribution in [0.4, 0.5) is 11.6 Å². The van der Waals surface area contributed by atoms with Gasteiger partial charge in [-0.25, -0.2) is 9.97 Å². The van der Waals surface area contributed by atoms with E-state index in [9.17, 15) is 5.11 Å². The van der Waals surface area contributed by atoms with Crippen molar-refractivity contribution in [2.75, 3.05) is 5.32 Å². The molecule has 0 aliphatic heterocycles. The lowest BCUT2D eigenvalue weighted by Gasteiger charge is -2.01. The predicted molar refractivity (Wildman–Crippen MR) is 80.3 cm³/mol. The van der Waals surface area contributed by atoms with Crippen molar-refractivity contribution in [3.63, 3.8) is 0 Å². The van der Waals surface area contributed by atoms with Crippen LogP contribution in [0.5, 0.6) is 0 Å². The van der Waals surface area contributed by atoms with Gasteiger partial charge in [0.25, 0.3) is 0 Å². The number of nitrogens with zero attached hydrogens (tertiary/aromatic N) is 3. The van der Waals surface area contributed by atoms with Crippen molar-refractivity contribution >= 4 is 23.2 Å². The first-order valence-electron chi connectivity index (χ1n) is 6.26. The number of aliphatic hydroxyl groups excluding tert-OH is 1. The summed E-state index contributed by atoms with van der Waals surface area (Å²) in [6.07, 6.45) is 1.57. The lowest BCUT2D eigenvalue weighted by Crippen LogP contribution is -1.94. The van der Waals surface area contributed by atoms with Crippen molar-refractivity contribution < 1.29 is 5.11 Å². The molecule has 3 rings (SSSR count). The number of aromatic amines is 1. The molecule has 0 fully saturated rings. The van der Waals surface area contributed by atoms with Gasteiger partial charge in [0.15, 0.2) is 5.82 Å². The molecule has 0 atom stereocenters. The summed E-state index contributed by atoms with van der Waals surface area (Å²) in [7, 11) is 0. The van der Waals surface area contributed by atoms with E-state index in [1.807, 2.05) is 30.3 Å². The molecule has 0 aliphatic carbocycles. The van der Waals surface area contributed by atoms with Crippen molar-refractivity contribution in [2.24, 2.45) is 0 Å². The second kappa shape index (κ2) is 5.90. The Morgan fingerprint density at radius 3 is 2.90 bits per heavy atom. The van der Waals surface area contributed by atoms with Gasteiger partial charge in [0.2, 0.25) is 5.28 Å². The van der Waals surface area contributed by atoms with Crippen LogP contribution in [0.3, 0.4) is 0 Å². The quantitative estimate of drug-likeness (QED) is 0.645. The number of rotatable bonds is 4. The molecule has 0 radical (unpaired) electrons. The predicted octanol–water partition coefficient (Wildman–Crippen LogP) is 2.76. The molecule has 106 valence electrons. The second-order valence-electron chi connectivity index (χ2n) is 4.36. The molecule has 0 aliphatic rings. The number of anilines is 2. The fourth-order valence-corrected chi connectivity index (χ4v) is 2.05. The molecule has 3 aromatic rings. The fraction of sp³-hybridized carbons (Fsp3) is 0.0714. The maximum atomic E-state index is 9.17. The Kier molecular flexibility index (Phi) is 3.81. The molecular weight excluding hydrogens is 290 g/mol. The molecule has 0 unspecified atom stereocenters. The van der Waals surface area contributed by atoms with Crippen molar-refractivity contribution in [2.45, 2.75) is 6.61 Å². The zero-order valence-electron chi connectivity index (χ0n) is 10.9. The van der Waals surface area contributed by atoms with Gasteiger partial charge in [-0.15, -0.1) is 0 Å². The summed E-state index contributed by atoms with van der Waals surface area (Å²) in [5, 5.41) is 19.5. The molecule has 0 spiro atoms. The maximum Gasteiger partial charge on any atom is 0.224 e. The summed E-state index contributed by atoms with van der Waals surface area (Å²) in [6, 6.07) is 11.1. The third kappa shape index (κ3) is 3.18. The number of nitrogens with one attached hydrogen (secondary N) is 2. The van der Waals surface area contributed by atoms with Crippen molar-refractivity contribution in [3.8, 4) is 11.3 Å². The third-order valence-electron chi connectivity index (χ3n) is 2.88. The van der Waals surface area contributed by atoms with Gasteiger partial charge in [-0.3, -0.25) is 5.10 Å². The number of H-pyrrole nitrogens is 1. The van der Waals surface area contributed by atoms with E-state index in [0.717, 1.165) is 16.8 Å². The van der Waals surface area contributed by atoms with E-state index < -0.39 is 0 Å². The molecular formula is C14H12ClN5O. The van der Waals surface area contributed by atoms with Gasteiger partial charge >= 0.3 is 0 Å². The van der Waals surface area contributed by atoms with E-state index in [-0.39, 0.29) is 11.9 Å². The molecule has 0 bridgehead atoms. The van der Waals surface area contributed by atoms with Gasteiger partial charge in [0.05, 0.1) is 12.3 Å². The Bertz CT molecular complexity index is 758. The Morgan fingerprint density at radius 2 is 2.10 bits per heavy atom. The highest BCUT2D eigenvalue weighted by Crippen LogP contribution is 2.22. The monoisotopic (exact) mass is 301 g/mol. The van der Waals surface area contributed by atoms with E-state index in [2.05, 4.69) is 25.5 Å². The molecule has 0 amide bonds. The first kappa shape index (κ1) is 13.5. The average molecular weight is 302 g/mol. The summed E-state index contributed by atoms with van der Waals surface area (Å²) in [5.74, 6) is 1.19. The van der Waals surface area contributed by atoms with Crippen LogP contribution in [0.15, 0.2) is 42.6 Å². The molecule has 7 heteroatoms. The molecule has 0 saturated heterocycles. The highest BCUT2D eigenvalue weighted by Gasteiger charge is 2.05. The van der Waals surface area contributed by atoms with Gasteiger partial charge in [-0.05, 0) is 34.9 Å². The number of aromatic nitrogens is 4. The zero-order chi connectivity index (χ0) is 14.7. The van der Waals surface area contributed by atoms with E-state index >= 15 is 0 Å².